The van der Waals surface area contributed by atoms with Gasteiger partial charge in [-0.2, -0.15) is 0 Å². The van der Waals surface area contributed by atoms with E-state index in [9.17, 15) is 0 Å². The van der Waals surface area contributed by atoms with E-state index in [0.29, 0.717) is 12.1 Å². The van der Waals surface area contributed by atoms with Crippen LogP contribution >= 0.6 is 0 Å². The van der Waals surface area contributed by atoms with E-state index in [1.165, 1.54) is 12.0 Å². The molecule has 1 aliphatic carbocycles. The average Bonchev–Trinajstić information content (AvgIpc) is 3.12. The molecule has 2 N–H and O–H groups in total. The van der Waals surface area contributed by atoms with E-state index >= 15 is 0 Å². The van der Waals surface area contributed by atoms with E-state index in [1.807, 2.05) is 7.05 Å². The van der Waals surface area contributed by atoms with Crippen molar-refractivity contribution in [1.29, 1.82) is 0 Å². The standard InChI is InChI=1S/C16H25N3/c1-12-11-15(12)19-16(17-3)18-13(2)9-10-14-7-5-4-6-8-14/h4-8,12-13,15H,9-11H2,1-3H3,(H2,17,18,19). The summed E-state index contributed by atoms with van der Waals surface area (Å²) in [4.78, 5) is 4.29. The van der Waals surface area contributed by atoms with Crippen molar-refractivity contribution < 1.29 is 0 Å². The number of hydrogen-bond acceptors (Lipinski definition) is 1. The van der Waals surface area contributed by atoms with Gasteiger partial charge in [0.1, 0.15) is 0 Å². The number of hydrogen-bond donors (Lipinski definition) is 2. The molecule has 3 unspecified atom stereocenters. The predicted molar refractivity (Wildman–Crippen MR) is 81.4 cm³/mol. The van der Waals surface area contributed by atoms with Gasteiger partial charge in [0, 0.05) is 19.1 Å². The molecule has 19 heavy (non-hydrogen) atoms. The first-order valence-electron chi connectivity index (χ1n) is 7.23. The second kappa shape index (κ2) is 6.60. The van der Waals surface area contributed by atoms with Crippen LogP contribution in [0.15, 0.2) is 35.3 Å². The lowest BCUT2D eigenvalue weighted by atomic mass is 10.1. The lowest BCUT2D eigenvalue weighted by Gasteiger charge is -2.18. The molecule has 0 amide bonds. The Labute approximate surface area is 116 Å². The fourth-order valence-corrected chi connectivity index (χ4v) is 2.20. The van der Waals surface area contributed by atoms with Gasteiger partial charge in [-0.05, 0) is 37.7 Å². The van der Waals surface area contributed by atoms with Gasteiger partial charge in [-0.1, -0.05) is 37.3 Å². The number of benzene rings is 1. The smallest absolute Gasteiger partial charge is 0.191 e. The fraction of sp³-hybridized carbons (Fsp3) is 0.562. The van der Waals surface area contributed by atoms with Crippen LogP contribution in [0.2, 0.25) is 0 Å². The monoisotopic (exact) mass is 259 g/mol. The molecule has 0 spiro atoms. The van der Waals surface area contributed by atoms with Gasteiger partial charge >= 0.3 is 0 Å². The Kier molecular flexibility index (Phi) is 4.83. The summed E-state index contributed by atoms with van der Waals surface area (Å²) in [5.74, 6) is 1.73. The highest BCUT2D eigenvalue weighted by Crippen LogP contribution is 2.28. The number of guanidine groups is 1. The van der Waals surface area contributed by atoms with Crippen LogP contribution in [0.1, 0.15) is 32.3 Å². The summed E-state index contributed by atoms with van der Waals surface area (Å²) in [5.41, 5.74) is 1.40. The summed E-state index contributed by atoms with van der Waals surface area (Å²) in [6.07, 6.45) is 3.48. The Morgan fingerprint density at radius 3 is 2.63 bits per heavy atom. The molecular weight excluding hydrogens is 234 g/mol. The van der Waals surface area contributed by atoms with Gasteiger partial charge < -0.3 is 10.6 Å². The zero-order valence-corrected chi connectivity index (χ0v) is 12.2. The molecule has 3 heteroatoms. The van der Waals surface area contributed by atoms with Crippen molar-refractivity contribution in [2.75, 3.05) is 7.05 Å². The van der Waals surface area contributed by atoms with E-state index in [2.05, 4.69) is 59.8 Å². The van der Waals surface area contributed by atoms with Crippen LogP contribution in [-0.4, -0.2) is 25.1 Å². The summed E-state index contributed by atoms with van der Waals surface area (Å²) >= 11 is 0. The van der Waals surface area contributed by atoms with Gasteiger partial charge in [0.2, 0.25) is 0 Å². The van der Waals surface area contributed by atoms with Gasteiger partial charge in [-0.3, -0.25) is 4.99 Å². The van der Waals surface area contributed by atoms with Crippen LogP contribution in [0, 0.1) is 5.92 Å². The fourth-order valence-electron chi connectivity index (χ4n) is 2.20. The molecule has 104 valence electrons. The maximum Gasteiger partial charge on any atom is 0.191 e. The minimum atomic E-state index is 0.431. The van der Waals surface area contributed by atoms with Crippen molar-refractivity contribution in [3.63, 3.8) is 0 Å². The van der Waals surface area contributed by atoms with Crippen molar-refractivity contribution in [2.24, 2.45) is 10.9 Å². The van der Waals surface area contributed by atoms with Crippen molar-refractivity contribution in [3.8, 4) is 0 Å². The van der Waals surface area contributed by atoms with E-state index in [1.54, 1.807) is 0 Å². The number of rotatable bonds is 5. The topological polar surface area (TPSA) is 36.4 Å². The normalized spacial score (nSPS) is 23.8. The summed E-state index contributed by atoms with van der Waals surface area (Å²) < 4.78 is 0. The van der Waals surface area contributed by atoms with Crippen LogP contribution < -0.4 is 10.6 Å². The largest absolute Gasteiger partial charge is 0.354 e. The molecule has 3 atom stereocenters. The van der Waals surface area contributed by atoms with Gasteiger partial charge in [0.15, 0.2) is 5.96 Å². The first-order chi connectivity index (χ1) is 9.19. The van der Waals surface area contributed by atoms with Crippen LogP contribution in [0.3, 0.4) is 0 Å². The van der Waals surface area contributed by atoms with E-state index in [0.717, 1.165) is 24.7 Å². The molecular formula is C16H25N3. The van der Waals surface area contributed by atoms with Gasteiger partial charge in [-0.25, -0.2) is 0 Å². The Bertz CT molecular complexity index is 413. The number of nitrogens with one attached hydrogen (secondary N) is 2. The maximum absolute atomic E-state index is 4.29. The predicted octanol–water partition coefficient (Wildman–Crippen LogP) is 2.58. The van der Waals surface area contributed by atoms with Gasteiger partial charge in [0.05, 0.1) is 0 Å². The van der Waals surface area contributed by atoms with Crippen molar-refractivity contribution in [1.82, 2.24) is 10.6 Å². The molecule has 0 saturated heterocycles. The molecule has 0 heterocycles. The van der Waals surface area contributed by atoms with E-state index in [4.69, 9.17) is 0 Å². The molecule has 0 bridgehead atoms. The molecule has 1 aromatic carbocycles. The lowest BCUT2D eigenvalue weighted by molar-refractivity contribution is 0.591. The first kappa shape index (κ1) is 13.9. The van der Waals surface area contributed by atoms with Crippen molar-refractivity contribution in [2.45, 2.75) is 45.2 Å². The zero-order chi connectivity index (χ0) is 13.7. The third-order valence-corrected chi connectivity index (χ3v) is 3.75. The molecule has 1 aliphatic rings. The molecule has 1 fully saturated rings. The zero-order valence-electron chi connectivity index (χ0n) is 12.2. The Hall–Kier alpha value is -1.51. The summed E-state index contributed by atoms with van der Waals surface area (Å²) in [5, 5.41) is 6.93. The van der Waals surface area contributed by atoms with Crippen LogP contribution in [0.4, 0.5) is 0 Å². The van der Waals surface area contributed by atoms with Crippen LogP contribution in [0.25, 0.3) is 0 Å². The average molecular weight is 259 g/mol. The summed E-state index contributed by atoms with van der Waals surface area (Å²) in [6, 6.07) is 11.7. The summed E-state index contributed by atoms with van der Waals surface area (Å²) in [7, 11) is 1.84. The molecule has 0 radical (unpaired) electrons. The third kappa shape index (κ3) is 4.58. The molecule has 1 aromatic rings. The van der Waals surface area contributed by atoms with Crippen LogP contribution in [-0.2, 0) is 6.42 Å². The first-order valence-corrected chi connectivity index (χ1v) is 7.23. The van der Waals surface area contributed by atoms with Gasteiger partial charge in [0.25, 0.3) is 0 Å². The Balaban J connectivity index is 1.72. The van der Waals surface area contributed by atoms with Gasteiger partial charge in [-0.15, -0.1) is 0 Å². The number of nitrogens with zero attached hydrogens (tertiary/aromatic N) is 1. The third-order valence-electron chi connectivity index (χ3n) is 3.75. The second-order valence-electron chi connectivity index (χ2n) is 5.61. The van der Waals surface area contributed by atoms with E-state index in [-0.39, 0.29) is 0 Å². The van der Waals surface area contributed by atoms with Crippen molar-refractivity contribution >= 4 is 5.96 Å². The highest BCUT2D eigenvalue weighted by Gasteiger charge is 2.33. The molecule has 0 aromatic heterocycles. The number of aryl methyl sites for hydroxylation is 1. The molecule has 1 saturated carbocycles. The maximum atomic E-state index is 4.29. The second-order valence-corrected chi connectivity index (χ2v) is 5.61. The highest BCUT2D eigenvalue weighted by molar-refractivity contribution is 5.80. The minimum absolute atomic E-state index is 0.431. The quantitative estimate of drug-likeness (QED) is 0.630. The Morgan fingerprint density at radius 1 is 1.37 bits per heavy atom. The minimum Gasteiger partial charge on any atom is -0.354 e. The molecule has 0 aliphatic heterocycles. The molecule has 3 nitrogen and oxygen atoms in total. The number of aliphatic imine (C=N–C) groups is 1. The lowest BCUT2D eigenvalue weighted by Crippen LogP contribution is -2.43. The Morgan fingerprint density at radius 2 is 2.05 bits per heavy atom. The van der Waals surface area contributed by atoms with E-state index < -0.39 is 0 Å². The summed E-state index contributed by atoms with van der Waals surface area (Å²) in [6.45, 7) is 4.48. The highest BCUT2D eigenvalue weighted by atomic mass is 15.2. The van der Waals surface area contributed by atoms with Crippen LogP contribution in [0.5, 0.6) is 0 Å². The van der Waals surface area contributed by atoms with Crippen molar-refractivity contribution in [3.05, 3.63) is 35.9 Å². The SMILES string of the molecule is CN=C(NC(C)CCc1ccccc1)NC1CC1C. The molecule has 2 rings (SSSR count).